The van der Waals surface area contributed by atoms with Crippen LogP contribution in [0, 0.1) is 10.8 Å². The molecule has 2 amide bonds. The maximum atomic E-state index is 13.5. The molecule has 44 heavy (non-hydrogen) atoms. The molecule has 1 atom stereocenters. The number of ether oxygens (including phenoxy) is 2. The van der Waals surface area contributed by atoms with E-state index in [4.69, 9.17) is 15.2 Å². The molecule has 2 aromatic carbocycles. The summed E-state index contributed by atoms with van der Waals surface area (Å²) in [5.74, 6) is 1.21. The summed E-state index contributed by atoms with van der Waals surface area (Å²) in [6.45, 7) is 3.26. The first-order valence-corrected chi connectivity index (χ1v) is 15.1. The van der Waals surface area contributed by atoms with Crippen molar-refractivity contribution in [3.63, 3.8) is 0 Å². The first kappa shape index (κ1) is 28.2. The van der Waals surface area contributed by atoms with Crippen LogP contribution in [0.1, 0.15) is 32.1 Å². The van der Waals surface area contributed by atoms with Crippen LogP contribution in [0.2, 0.25) is 0 Å². The molecular weight excluding hydrogens is 558 g/mol. The number of hydrogen-bond donors (Lipinski definition) is 2. The van der Waals surface area contributed by atoms with Crippen LogP contribution in [0.15, 0.2) is 79.1 Å². The van der Waals surface area contributed by atoms with Gasteiger partial charge in [-0.15, -0.1) is 0 Å². The molecule has 2 aromatic heterocycles. The van der Waals surface area contributed by atoms with Crippen LogP contribution >= 0.6 is 0 Å². The number of nitrogens with zero attached hydrogens (tertiary/aromatic N) is 4. The van der Waals surface area contributed by atoms with Crippen LogP contribution in [0.4, 0.5) is 11.5 Å². The van der Waals surface area contributed by atoms with Crippen molar-refractivity contribution < 1.29 is 24.2 Å². The number of carbonyl (C=O) groups is 2. The van der Waals surface area contributed by atoms with Crippen molar-refractivity contribution in [1.82, 2.24) is 14.9 Å². The van der Waals surface area contributed by atoms with Gasteiger partial charge in [0.1, 0.15) is 28.5 Å². The number of pyridine rings is 2. The van der Waals surface area contributed by atoms with Crippen molar-refractivity contribution in [1.29, 1.82) is 0 Å². The van der Waals surface area contributed by atoms with Crippen LogP contribution in [-0.2, 0) is 9.59 Å². The molecule has 1 spiro atoms. The van der Waals surface area contributed by atoms with E-state index >= 15 is 0 Å². The second kappa shape index (κ2) is 11.2. The molecule has 1 aliphatic heterocycles. The summed E-state index contributed by atoms with van der Waals surface area (Å²) in [6.07, 6.45) is 7.08. The summed E-state index contributed by atoms with van der Waals surface area (Å²) in [7, 11) is 0. The van der Waals surface area contributed by atoms with Crippen LogP contribution in [0.25, 0.3) is 10.9 Å². The number of β-amino-alcohol motifs (C(OH)–C–C–N with tert-alkyl or cyclic N) is 1. The maximum Gasteiger partial charge on any atom is 0.248 e. The summed E-state index contributed by atoms with van der Waals surface area (Å²) in [6, 6.07) is 20.1. The number of aliphatic hydroxyl groups excluding tert-OH is 1. The fourth-order valence-corrected chi connectivity index (χ4v) is 6.16. The number of anilines is 2. The number of benzene rings is 2. The van der Waals surface area contributed by atoms with Gasteiger partial charge in [0.05, 0.1) is 30.1 Å². The number of carbonyl (C=O) groups excluding carboxylic acids is 2. The lowest BCUT2D eigenvalue weighted by Crippen LogP contribution is -2.41. The SMILES string of the molecule is NC(=O)C1(C(=O)N(c2ccccc2)c2ccc(Oc3ccnc4cc(OCCCN5CC(O)C6(CC6)C5)ccc34)cn2)CC1. The first-order valence-electron chi connectivity index (χ1n) is 15.1. The molecular formula is C34H35N5O5. The number of fused-ring (bicyclic) bond motifs is 1. The molecule has 10 heteroatoms. The Labute approximate surface area is 255 Å². The zero-order valence-electron chi connectivity index (χ0n) is 24.4. The van der Waals surface area contributed by atoms with Crippen molar-refractivity contribution in [2.45, 2.75) is 38.2 Å². The Morgan fingerprint density at radius 3 is 2.48 bits per heavy atom. The van der Waals surface area contributed by atoms with Crippen LogP contribution in [0.3, 0.4) is 0 Å². The Kier molecular flexibility index (Phi) is 7.18. The van der Waals surface area contributed by atoms with E-state index in [9.17, 15) is 14.7 Å². The molecule has 3 heterocycles. The Morgan fingerprint density at radius 1 is 1.00 bits per heavy atom. The van der Waals surface area contributed by atoms with Gasteiger partial charge in [0.2, 0.25) is 11.8 Å². The minimum Gasteiger partial charge on any atom is -0.493 e. The monoisotopic (exact) mass is 593 g/mol. The van der Waals surface area contributed by atoms with Gasteiger partial charge < -0.3 is 20.3 Å². The molecule has 3 fully saturated rings. The van der Waals surface area contributed by atoms with E-state index < -0.39 is 11.3 Å². The minimum absolute atomic E-state index is 0.176. The predicted molar refractivity (Wildman–Crippen MR) is 165 cm³/mol. The third kappa shape index (κ3) is 5.35. The number of para-hydroxylation sites is 1. The quantitative estimate of drug-likeness (QED) is 0.191. The molecule has 1 saturated heterocycles. The first-order chi connectivity index (χ1) is 21.4. The average Bonchev–Trinajstić information content (AvgIpc) is 3.96. The minimum atomic E-state index is -1.19. The van der Waals surface area contributed by atoms with E-state index in [1.165, 1.54) is 4.90 Å². The van der Waals surface area contributed by atoms with E-state index in [0.29, 0.717) is 42.5 Å². The van der Waals surface area contributed by atoms with Crippen molar-refractivity contribution in [3.05, 3.63) is 79.1 Å². The molecule has 2 saturated carbocycles. The molecule has 1 unspecified atom stereocenters. The third-order valence-electron chi connectivity index (χ3n) is 9.16. The van der Waals surface area contributed by atoms with Crippen molar-refractivity contribution in [3.8, 4) is 17.2 Å². The third-order valence-corrected chi connectivity index (χ3v) is 9.16. The van der Waals surface area contributed by atoms with Gasteiger partial charge in [-0.05, 0) is 74.6 Å². The highest BCUT2D eigenvalue weighted by molar-refractivity contribution is 6.16. The lowest BCUT2D eigenvalue weighted by atomic mass is 10.0. The predicted octanol–water partition coefficient (Wildman–Crippen LogP) is 4.58. The van der Waals surface area contributed by atoms with Gasteiger partial charge >= 0.3 is 0 Å². The van der Waals surface area contributed by atoms with Crippen LogP contribution in [0.5, 0.6) is 17.2 Å². The number of amides is 2. The van der Waals surface area contributed by atoms with Gasteiger partial charge in [0.15, 0.2) is 0 Å². The number of hydrogen-bond acceptors (Lipinski definition) is 8. The number of likely N-dealkylation sites (tertiary alicyclic amines) is 1. The van der Waals surface area contributed by atoms with Crippen molar-refractivity contribution >= 4 is 34.2 Å². The van der Waals surface area contributed by atoms with E-state index in [2.05, 4.69) is 14.9 Å². The zero-order valence-corrected chi connectivity index (χ0v) is 24.4. The van der Waals surface area contributed by atoms with Gasteiger partial charge in [-0.2, -0.15) is 0 Å². The highest BCUT2D eigenvalue weighted by Gasteiger charge is 2.57. The van der Waals surface area contributed by atoms with Crippen LogP contribution in [-0.4, -0.2) is 64.1 Å². The lowest BCUT2D eigenvalue weighted by Gasteiger charge is -2.25. The maximum absolute atomic E-state index is 13.5. The second-order valence-electron chi connectivity index (χ2n) is 12.2. The highest BCUT2D eigenvalue weighted by Crippen LogP contribution is 2.52. The van der Waals surface area contributed by atoms with Crippen molar-refractivity contribution in [2.24, 2.45) is 16.6 Å². The topological polar surface area (TPSA) is 131 Å². The van der Waals surface area contributed by atoms with E-state index in [0.717, 1.165) is 55.5 Å². The Morgan fingerprint density at radius 2 is 1.80 bits per heavy atom. The lowest BCUT2D eigenvalue weighted by molar-refractivity contribution is -0.133. The molecule has 2 aliphatic carbocycles. The van der Waals surface area contributed by atoms with Gasteiger partial charge in [-0.25, -0.2) is 4.98 Å². The molecule has 0 bridgehead atoms. The van der Waals surface area contributed by atoms with E-state index in [1.807, 2.05) is 36.4 Å². The molecule has 3 N–H and O–H groups in total. The van der Waals surface area contributed by atoms with Gasteiger partial charge in [0.25, 0.3) is 0 Å². The average molecular weight is 594 g/mol. The molecule has 7 rings (SSSR count). The number of nitrogens with two attached hydrogens (primary N) is 1. The van der Waals surface area contributed by atoms with Gasteiger partial charge in [0, 0.05) is 42.7 Å². The standard InChI is InChI=1S/C34H35N5O5/c35-31(41)34(14-15-34)32(42)39(23-5-2-1-3-6-23)30-10-8-25(20-37-30)44-28-11-16-36-27-19-24(7-9-26(27)28)43-18-4-17-38-21-29(40)33(22-38)12-13-33/h1-3,5-11,16,19-20,29,40H,4,12-15,17-18,21-22H2,(H2,35,41). The van der Waals surface area contributed by atoms with E-state index in [1.54, 1.807) is 42.7 Å². The van der Waals surface area contributed by atoms with E-state index in [-0.39, 0.29) is 17.4 Å². The second-order valence-corrected chi connectivity index (χ2v) is 12.2. The van der Waals surface area contributed by atoms with Crippen molar-refractivity contribution in [2.75, 3.05) is 31.1 Å². The summed E-state index contributed by atoms with van der Waals surface area (Å²) < 4.78 is 12.2. The van der Waals surface area contributed by atoms with Gasteiger partial charge in [-0.1, -0.05) is 18.2 Å². The Balaban J connectivity index is 1.02. The largest absolute Gasteiger partial charge is 0.493 e. The normalized spacial score (nSPS) is 19.5. The molecule has 226 valence electrons. The number of rotatable bonds is 11. The summed E-state index contributed by atoms with van der Waals surface area (Å²) in [5, 5.41) is 11.1. The highest BCUT2D eigenvalue weighted by atomic mass is 16.5. The molecule has 3 aliphatic rings. The van der Waals surface area contributed by atoms with Crippen LogP contribution < -0.4 is 20.1 Å². The fraction of sp³-hybridized carbons (Fsp3) is 0.353. The fourth-order valence-electron chi connectivity index (χ4n) is 6.16. The smallest absolute Gasteiger partial charge is 0.248 e. The summed E-state index contributed by atoms with van der Waals surface area (Å²) >= 11 is 0. The molecule has 0 radical (unpaired) electrons. The molecule has 10 nitrogen and oxygen atoms in total. The summed E-state index contributed by atoms with van der Waals surface area (Å²) in [4.78, 5) is 38.5. The molecule has 4 aromatic rings. The Bertz CT molecular complexity index is 1690. The number of aliphatic hydroxyl groups is 1. The zero-order chi connectivity index (χ0) is 30.3. The van der Waals surface area contributed by atoms with Gasteiger partial charge in [-0.3, -0.25) is 24.4 Å². The number of aromatic nitrogens is 2. The number of primary amides is 1. The Hall–Kier alpha value is -4.54. The summed E-state index contributed by atoms with van der Waals surface area (Å²) in [5.41, 5.74) is 5.94.